The van der Waals surface area contributed by atoms with Crippen LogP contribution in [-0.2, 0) is 11.2 Å². The third kappa shape index (κ3) is 5.54. The molecule has 8 nitrogen and oxygen atoms in total. The molecule has 0 fully saturated rings. The van der Waals surface area contributed by atoms with Gasteiger partial charge in [-0.25, -0.2) is 4.98 Å². The highest BCUT2D eigenvalue weighted by molar-refractivity contribution is 6.02. The van der Waals surface area contributed by atoms with Gasteiger partial charge in [-0.2, -0.15) is 0 Å². The van der Waals surface area contributed by atoms with Gasteiger partial charge >= 0.3 is 0 Å². The van der Waals surface area contributed by atoms with E-state index in [2.05, 4.69) is 35.7 Å². The van der Waals surface area contributed by atoms with E-state index in [0.29, 0.717) is 41.2 Å². The zero-order chi connectivity index (χ0) is 25.2. The maximum absolute atomic E-state index is 12.6. The smallest absolute Gasteiger partial charge is 0.252 e. The molecule has 0 saturated carbocycles. The topological polar surface area (TPSA) is 117 Å². The molecule has 2 aromatic heterocycles. The molecule has 0 radical (unpaired) electrons. The van der Waals surface area contributed by atoms with Crippen LogP contribution in [-0.4, -0.2) is 41.0 Å². The molecule has 8 heteroatoms. The molecule has 0 spiro atoms. The molecular formula is C27H28N4O4. The van der Waals surface area contributed by atoms with Gasteiger partial charge in [0.2, 0.25) is 5.88 Å². The molecule has 0 unspecified atom stereocenters. The minimum Gasteiger partial charge on any atom is -0.496 e. The molecule has 0 aliphatic carbocycles. The molecule has 0 saturated heterocycles. The summed E-state index contributed by atoms with van der Waals surface area (Å²) in [6, 6.07) is 8.45. The lowest BCUT2D eigenvalue weighted by Gasteiger charge is -2.16. The Kier molecular flexibility index (Phi) is 6.64. The first-order valence-electron chi connectivity index (χ1n) is 11.3. The van der Waals surface area contributed by atoms with Crippen molar-refractivity contribution in [3.8, 4) is 17.4 Å². The third-order valence-electron chi connectivity index (χ3n) is 5.69. The van der Waals surface area contributed by atoms with Crippen molar-refractivity contribution in [3.63, 3.8) is 0 Å². The van der Waals surface area contributed by atoms with Crippen molar-refractivity contribution in [1.82, 2.24) is 9.97 Å². The number of aliphatic imine (C=N–C) groups is 1. The molecule has 1 aliphatic rings. The van der Waals surface area contributed by atoms with E-state index in [9.17, 15) is 9.59 Å². The molecule has 4 rings (SSSR count). The Morgan fingerprint density at radius 1 is 1.06 bits per heavy atom. The van der Waals surface area contributed by atoms with Crippen molar-refractivity contribution in [1.29, 1.82) is 0 Å². The maximum atomic E-state index is 12.6. The number of nitrogens with zero attached hydrogens (tertiary/aromatic N) is 3. The van der Waals surface area contributed by atoms with Crippen molar-refractivity contribution in [2.45, 2.75) is 33.6 Å². The van der Waals surface area contributed by atoms with Crippen molar-refractivity contribution in [2.24, 2.45) is 16.1 Å². The molecule has 2 N–H and O–H groups in total. The number of amides is 1. The van der Waals surface area contributed by atoms with Crippen LogP contribution in [0.2, 0.25) is 0 Å². The Balaban J connectivity index is 1.45. The fourth-order valence-electron chi connectivity index (χ4n) is 3.86. The van der Waals surface area contributed by atoms with Crippen molar-refractivity contribution < 1.29 is 19.1 Å². The molecule has 0 bridgehead atoms. The van der Waals surface area contributed by atoms with Gasteiger partial charge in [-0.1, -0.05) is 26.8 Å². The Bertz CT molecular complexity index is 1350. The van der Waals surface area contributed by atoms with Crippen LogP contribution in [0.5, 0.6) is 17.4 Å². The Labute approximate surface area is 203 Å². The average molecular weight is 473 g/mol. The number of benzene rings is 1. The summed E-state index contributed by atoms with van der Waals surface area (Å²) in [5, 5.41) is 0.602. The number of hydrogen-bond donors (Lipinski definition) is 1. The largest absolute Gasteiger partial charge is 0.496 e. The van der Waals surface area contributed by atoms with Crippen LogP contribution in [0, 0.1) is 5.41 Å². The second-order valence-electron chi connectivity index (χ2n) is 9.50. The first kappa shape index (κ1) is 24.1. The van der Waals surface area contributed by atoms with E-state index in [1.165, 1.54) is 7.11 Å². The maximum Gasteiger partial charge on any atom is 0.252 e. The summed E-state index contributed by atoms with van der Waals surface area (Å²) in [7, 11) is 1.46. The monoisotopic (exact) mass is 472 g/mol. The molecule has 3 heterocycles. The molecule has 1 aliphatic heterocycles. The minimum atomic E-state index is -0.611. The van der Waals surface area contributed by atoms with Gasteiger partial charge in [0.1, 0.15) is 17.3 Å². The lowest BCUT2D eigenvalue weighted by atomic mass is 9.89. The van der Waals surface area contributed by atoms with Crippen LogP contribution in [0.4, 0.5) is 0 Å². The van der Waals surface area contributed by atoms with Crippen LogP contribution in [0.1, 0.15) is 43.1 Å². The summed E-state index contributed by atoms with van der Waals surface area (Å²) in [5.41, 5.74) is 9.18. The van der Waals surface area contributed by atoms with Crippen LogP contribution < -0.4 is 15.2 Å². The summed E-state index contributed by atoms with van der Waals surface area (Å²) >= 11 is 0. The lowest BCUT2D eigenvalue weighted by Crippen LogP contribution is -2.16. The minimum absolute atomic E-state index is 0.0157. The lowest BCUT2D eigenvalue weighted by molar-refractivity contribution is -0.117. The van der Waals surface area contributed by atoms with E-state index in [0.717, 1.165) is 16.8 Å². The number of rotatable bonds is 8. The average Bonchev–Trinajstić information content (AvgIpc) is 3.28. The number of methoxy groups -OCH3 is 1. The zero-order valence-corrected chi connectivity index (χ0v) is 20.3. The van der Waals surface area contributed by atoms with E-state index < -0.39 is 5.91 Å². The van der Waals surface area contributed by atoms with Gasteiger partial charge in [0.05, 0.1) is 24.7 Å². The number of aromatic nitrogens is 2. The number of Topliss-reactive ketones (excluding diaryl/α,β-unsaturated/α-hetero) is 1. The van der Waals surface area contributed by atoms with Gasteiger partial charge in [-0.3, -0.25) is 19.6 Å². The molecule has 1 amide bonds. The summed E-state index contributed by atoms with van der Waals surface area (Å²) in [6.45, 7) is 6.94. The first-order valence-corrected chi connectivity index (χ1v) is 11.3. The number of carbonyl (C=O) groups excluding carboxylic acids is 2. The zero-order valence-electron chi connectivity index (χ0n) is 20.3. The van der Waals surface area contributed by atoms with Gasteiger partial charge in [0.25, 0.3) is 5.91 Å². The van der Waals surface area contributed by atoms with Crippen LogP contribution in [0.25, 0.3) is 10.9 Å². The fourth-order valence-corrected chi connectivity index (χ4v) is 3.86. The molecule has 180 valence electrons. The van der Waals surface area contributed by atoms with E-state index in [1.807, 2.05) is 12.1 Å². The van der Waals surface area contributed by atoms with E-state index in [1.54, 1.807) is 36.7 Å². The van der Waals surface area contributed by atoms with E-state index in [-0.39, 0.29) is 23.2 Å². The second kappa shape index (κ2) is 9.66. The Morgan fingerprint density at radius 3 is 2.49 bits per heavy atom. The highest BCUT2D eigenvalue weighted by atomic mass is 16.5. The van der Waals surface area contributed by atoms with E-state index in [4.69, 9.17) is 15.2 Å². The standard InChI is InChI=1S/C27H28N4O4/c1-27(2,3)24-11-17(15-30-24)10-18(32)9-16-5-6-25(31-14-16)35-22-7-8-29-21-13-23(34-4)20(26(28)33)12-19(21)22/h5-8,11-14H,9-10,15H2,1-4H3,(H2,28,33). The van der Waals surface area contributed by atoms with Gasteiger partial charge < -0.3 is 15.2 Å². The number of hydrogen-bond acceptors (Lipinski definition) is 7. The fraction of sp³-hybridized carbons (Fsp3) is 0.296. The number of primary amides is 1. The number of nitrogens with two attached hydrogens (primary N) is 1. The number of pyridine rings is 2. The van der Waals surface area contributed by atoms with Crippen molar-refractivity contribution >= 4 is 28.3 Å². The normalized spacial score (nSPS) is 13.4. The predicted octanol–water partition coefficient (Wildman–Crippen LogP) is 4.46. The van der Waals surface area contributed by atoms with E-state index >= 15 is 0 Å². The number of carbonyl (C=O) groups is 2. The molecular weight excluding hydrogens is 444 g/mol. The van der Waals surface area contributed by atoms with Crippen molar-refractivity contribution in [3.05, 3.63) is 65.5 Å². The van der Waals surface area contributed by atoms with Gasteiger partial charge in [0.15, 0.2) is 0 Å². The third-order valence-corrected chi connectivity index (χ3v) is 5.69. The Morgan fingerprint density at radius 2 is 1.86 bits per heavy atom. The number of allylic oxidation sites excluding steroid dienone is 1. The van der Waals surface area contributed by atoms with Crippen LogP contribution in [0.3, 0.4) is 0 Å². The summed E-state index contributed by atoms with van der Waals surface area (Å²) in [5.74, 6) is 0.674. The van der Waals surface area contributed by atoms with Crippen LogP contribution >= 0.6 is 0 Å². The molecule has 1 aromatic carbocycles. The second-order valence-corrected chi connectivity index (χ2v) is 9.50. The summed E-state index contributed by atoms with van der Waals surface area (Å²) < 4.78 is 11.2. The molecule has 3 aromatic rings. The summed E-state index contributed by atoms with van der Waals surface area (Å²) in [4.78, 5) is 37.6. The first-order chi connectivity index (χ1) is 16.6. The van der Waals surface area contributed by atoms with Gasteiger partial charge in [-0.05, 0) is 29.3 Å². The quantitative estimate of drug-likeness (QED) is 0.517. The highest BCUT2D eigenvalue weighted by Crippen LogP contribution is 2.32. The highest BCUT2D eigenvalue weighted by Gasteiger charge is 2.22. The van der Waals surface area contributed by atoms with Gasteiger partial charge in [-0.15, -0.1) is 0 Å². The summed E-state index contributed by atoms with van der Waals surface area (Å²) in [6.07, 6.45) is 5.95. The molecule has 35 heavy (non-hydrogen) atoms. The number of ether oxygens (including phenoxy) is 2. The molecule has 0 atom stereocenters. The predicted molar refractivity (Wildman–Crippen MR) is 134 cm³/mol. The van der Waals surface area contributed by atoms with Gasteiger partial charge in [0, 0.05) is 53.9 Å². The SMILES string of the molecule is COc1cc2nccc(Oc3ccc(CC(=O)CC4=CC(C(C)(C)C)=NC4)cn3)c2cc1C(N)=O. The number of fused-ring (bicyclic) bond motifs is 1. The number of ketones is 1. The van der Waals surface area contributed by atoms with Crippen LogP contribution in [0.15, 0.2) is 59.4 Å². The van der Waals surface area contributed by atoms with Crippen molar-refractivity contribution in [2.75, 3.05) is 13.7 Å². The Hall–Kier alpha value is -4.07.